The molecule has 0 spiro atoms. The number of fused-ring (bicyclic) bond motifs is 2. The van der Waals surface area contributed by atoms with E-state index in [1.807, 2.05) is 0 Å². The van der Waals surface area contributed by atoms with Gasteiger partial charge in [0.2, 0.25) is 0 Å². The number of rotatable bonds is 5. The molecule has 2 N–H and O–H groups in total. The number of aliphatic hydroxyl groups is 1. The lowest BCUT2D eigenvalue weighted by Gasteiger charge is -2.33. The summed E-state index contributed by atoms with van der Waals surface area (Å²) in [6.07, 6.45) is 8.42. The van der Waals surface area contributed by atoms with Crippen molar-refractivity contribution in [1.82, 2.24) is 5.32 Å². The van der Waals surface area contributed by atoms with Gasteiger partial charge in [0.25, 0.3) is 0 Å². The lowest BCUT2D eigenvalue weighted by Crippen LogP contribution is -2.43. The van der Waals surface area contributed by atoms with Crippen LogP contribution in [0.2, 0.25) is 0 Å². The van der Waals surface area contributed by atoms with Crippen molar-refractivity contribution >= 4 is 0 Å². The fourth-order valence-electron chi connectivity index (χ4n) is 3.39. The molecule has 17 heavy (non-hydrogen) atoms. The highest BCUT2D eigenvalue weighted by Gasteiger charge is 2.36. The van der Waals surface area contributed by atoms with Gasteiger partial charge in [0.1, 0.15) is 0 Å². The second-order valence-corrected chi connectivity index (χ2v) is 6.88. The first-order valence-corrected chi connectivity index (χ1v) is 7.03. The van der Waals surface area contributed by atoms with E-state index >= 15 is 0 Å². The average Bonchev–Trinajstić information content (AvgIpc) is 2.83. The maximum Gasteiger partial charge on any atom is 0.0446 e. The Morgan fingerprint density at radius 3 is 2.53 bits per heavy atom. The van der Waals surface area contributed by atoms with E-state index in [1.165, 1.54) is 12.8 Å². The zero-order valence-corrected chi connectivity index (χ0v) is 11.4. The Bertz CT molecular complexity index is 279. The molecule has 98 valence electrons. The second kappa shape index (κ2) is 5.11. The highest BCUT2D eigenvalue weighted by atomic mass is 16.3. The van der Waals surface area contributed by atoms with Crippen molar-refractivity contribution in [2.45, 2.75) is 46.1 Å². The molecular weight excluding hydrogens is 210 g/mol. The van der Waals surface area contributed by atoms with E-state index in [4.69, 9.17) is 5.11 Å². The molecule has 0 aromatic carbocycles. The summed E-state index contributed by atoms with van der Waals surface area (Å²) in [6, 6.07) is 0.426. The molecule has 0 saturated heterocycles. The van der Waals surface area contributed by atoms with Crippen LogP contribution in [0.4, 0.5) is 0 Å². The van der Waals surface area contributed by atoms with Gasteiger partial charge in [-0.15, -0.1) is 0 Å². The summed E-state index contributed by atoms with van der Waals surface area (Å²) >= 11 is 0. The molecule has 4 atom stereocenters. The van der Waals surface area contributed by atoms with E-state index in [2.05, 4.69) is 38.2 Å². The van der Waals surface area contributed by atoms with Gasteiger partial charge in [0, 0.05) is 12.6 Å². The highest BCUT2D eigenvalue weighted by molar-refractivity contribution is 5.10. The maximum atomic E-state index is 9.15. The van der Waals surface area contributed by atoms with E-state index in [0.29, 0.717) is 6.04 Å². The second-order valence-electron chi connectivity index (χ2n) is 6.88. The molecule has 2 aliphatic rings. The molecule has 0 amide bonds. The summed E-state index contributed by atoms with van der Waals surface area (Å²) in [5.41, 5.74) is 0.232. The third kappa shape index (κ3) is 3.11. The van der Waals surface area contributed by atoms with Gasteiger partial charge in [-0.05, 0) is 49.0 Å². The van der Waals surface area contributed by atoms with Crippen molar-refractivity contribution in [3.63, 3.8) is 0 Å². The van der Waals surface area contributed by atoms with Crippen LogP contribution in [0.25, 0.3) is 0 Å². The molecule has 1 saturated carbocycles. The van der Waals surface area contributed by atoms with Gasteiger partial charge in [-0.25, -0.2) is 0 Å². The van der Waals surface area contributed by atoms with E-state index in [1.54, 1.807) is 0 Å². The number of hydrogen-bond acceptors (Lipinski definition) is 2. The van der Waals surface area contributed by atoms with Gasteiger partial charge < -0.3 is 10.4 Å². The minimum absolute atomic E-state index is 0.232. The van der Waals surface area contributed by atoms with Gasteiger partial charge >= 0.3 is 0 Å². The van der Waals surface area contributed by atoms with Crippen molar-refractivity contribution in [2.75, 3.05) is 13.2 Å². The standard InChI is InChI=1S/C15H27NO/c1-15(2,3)14(6-7-17)16-10-13-9-11-4-5-12(13)8-11/h4-5,11-14,16-17H,6-10H2,1-3H3. The van der Waals surface area contributed by atoms with Crippen LogP contribution in [-0.4, -0.2) is 24.3 Å². The van der Waals surface area contributed by atoms with E-state index < -0.39 is 0 Å². The van der Waals surface area contributed by atoms with Gasteiger partial charge in [0.05, 0.1) is 0 Å². The maximum absolute atomic E-state index is 9.15. The van der Waals surface area contributed by atoms with Gasteiger partial charge in [-0.3, -0.25) is 0 Å². The SMILES string of the molecule is CC(C)(C)C(CCO)NCC1CC2C=CC1C2. The average molecular weight is 237 g/mol. The van der Waals surface area contributed by atoms with Crippen LogP contribution in [0.5, 0.6) is 0 Å². The number of hydrogen-bond donors (Lipinski definition) is 2. The smallest absolute Gasteiger partial charge is 0.0446 e. The number of allylic oxidation sites excluding steroid dienone is 2. The topological polar surface area (TPSA) is 32.3 Å². The zero-order chi connectivity index (χ0) is 12.5. The van der Waals surface area contributed by atoms with Crippen LogP contribution in [0.15, 0.2) is 12.2 Å². The molecule has 1 fully saturated rings. The molecule has 2 aliphatic carbocycles. The third-order valence-electron chi connectivity index (χ3n) is 4.51. The molecule has 0 aliphatic heterocycles. The van der Waals surface area contributed by atoms with Crippen molar-refractivity contribution in [2.24, 2.45) is 23.2 Å². The molecule has 2 heteroatoms. The van der Waals surface area contributed by atoms with Crippen LogP contribution >= 0.6 is 0 Å². The van der Waals surface area contributed by atoms with Crippen molar-refractivity contribution in [3.05, 3.63) is 12.2 Å². The lowest BCUT2D eigenvalue weighted by molar-refractivity contribution is 0.189. The zero-order valence-electron chi connectivity index (χ0n) is 11.4. The molecular formula is C15H27NO. The molecule has 0 radical (unpaired) electrons. The molecule has 4 unspecified atom stereocenters. The Balaban J connectivity index is 1.81. The Labute approximate surface area is 105 Å². The van der Waals surface area contributed by atoms with E-state index in [9.17, 15) is 0 Å². The molecule has 0 heterocycles. The first-order valence-electron chi connectivity index (χ1n) is 7.03. The van der Waals surface area contributed by atoms with Crippen LogP contribution in [-0.2, 0) is 0 Å². The van der Waals surface area contributed by atoms with Gasteiger partial charge in [-0.2, -0.15) is 0 Å². The summed E-state index contributed by atoms with van der Waals surface area (Å²) in [6.45, 7) is 8.15. The molecule has 0 aromatic rings. The van der Waals surface area contributed by atoms with Crippen molar-refractivity contribution in [1.29, 1.82) is 0 Å². The largest absolute Gasteiger partial charge is 0.396 e. The summed E-state index contributed by atoms with van der Waals surface area (Å²) < 4.78 is 0. The molecule has 0 aromatic heterocycles. The fraction of sp³-hybridized carbons (Fsp3) is 0.867. The number of aliphatic hydroxyl groups excluding tert-OH is 1. The van der Waals surface area contributed by atoms with Crippen LogP contribution < -0.4 is 5.32 Å². The molecule has 2 rings (SSSR count). The summed E-state index contributed by atoms with van der Waals surface area (Å²) in [5.74, 6) is 2.51. The first kappa shape index (κ1) is 13.1. The lowest BCUT2D eigenvalue weighted by atomic mass is 9.84. The van der Waals surface area contributed by atoms with Crippen LogP contribution in [0.3, 0.4) is 0 Å². The minimum Gasteiger partial charge on any atom is -0.396 e. The monoisotopic (exact) mass is 237 g/mol. The Hall–Kier alpha value is -0.340. The minimum atomic E-state index is 0.232. The summed E-state index contributed by atoms with van der Waals surface area (Å²) in [5, 5.41) is 12.8. The van der Waals surface area contributed by atoms with E-state index in [-0.39, 0.29) is 12.0 Å². The van der Waals surface area contributed by atoms with Crippen molar-refractivity contribution in [3.8, 4) is 0 Å². The summed E-state index contributed by atoms with van der Waals surface area (Å²) in [4.78, 5) is 0. The van der Waals surface area contributed by atoms with Crippen LogP contribution in [0.1, 0.15) is 40.0 Å². The van der Waals surface area contributed by atoms with Gasteiger partial charge in [-0.1, -0.05) is 32.9 Å². The predicted molar refractivity (Wildman–Crippen MR) is 71.8 cm³/mol. The number of nitrogens with one attached hydrogen (secondary N) is 1. The predicted octanol–water partition coefficient (Wildman–Crippen LogP) is 2.59. The Morgan fingerprint density at radius 1 is 1.29 bits per heavy atom. The van der Waals surface area contributed by atoms with Crippen LogP contribution in [0, 0.1) is 23.2 Å². The molecule has 2 nitrogen and oxygen atoms in total. The molecule has 2 bridgehead atoms. The Morgan fingerprint density at radius 2 is 2.06 bits per heavy atom. The third-order valence-corrected chi connectivity index (χ3v) is 4.51. The highest BCUT2D eigenvalue weighted by Crippen LogP contribution is 2.43. The fourth-order valence-corrected chi connectivity index (χ4v) is 3.39. The first-order chi connectivity index (χ1) is 8.00. The van der Waals surface area contributed by atoms with Gasteiger partial charge in [0.15, 0.2) is 0 Å². The quantitative estimate of drug-likeness (QED) is 0.720. The summed E-state index contributed by atoms with van der Waals surface area (Å²) in [7, 11) is 0. The van der Waals surface area contributed by atoms with Crippen molar-refractivity contribution < 1.29 is 5.11 Å². The Kier molecular flexibility index (Phi) is 3.94. The normalized spacial score (nSPS) is 33.3. The van der Waals surface area contributed by atoms with E-state index in [0.717, 1.165) is 30.7 Å².